The molecule has 2 aromatic carbocycles. The van der Waals surface area contributed by atoms with Gasteiger partial charge in [-0.05, 0) is 42.3 Å². The fourth-order valence-corrected chi connectivity index (χ4v) is 3.39. The molecular formula is C18H20N2O3S. The van der Waals surface area contributed by atoms with Crippen LogP contribution in [0.15, 0.2) is 48.5 Å². The van der Waals surface area contributed by atoms with Gasteiger partial charge in [-0.2, -0.15) is 5.26 Å². The lowest BCUT2D eigenvalue weighted by atomic mass is 10.2. The average Bonchev–Trinajstić information content (AvgIpc) is 2.57. The van der Waals surface area contributed by atoms with Crippen LogP contribution >= 0.6 is 0 Å². The Morgan fingerprint density at radius 3 is 2.17 bits per heavy atom. The summed E-state index contributed by atoms with van der Waals surface area (Å²) in [5.41, 5.74) is 2.07. The van der Waals surface area contributed by atoms with Crippen LogP contribution in [0.4, 0.5) is 0 Å². The molecule has 0 fully saturated rings. The van der Waals surface area contributed by atoms with Crippen molar-refractivity contribution >= 4 is 10.0 Å². The van der Waals surface area contributed by atoms with E-state index >= 15 is 0 Å². The zero-order chi connectivity index (χ0) is 17.6. The molecule has 2 aromatic rings. The van der Waals surface area contributed by atoms with E-state index in [0.29, 0.717) is 24.3 Å². The molecule has 0 N–H and O–H groups in total. The Morgan fingerprint density at radius 2 is 1.62 bits per heavy atom. The van der Waals surface area contributed by atoms with Crippen LogP contribution in [-0.2, 0) is 22.3 Å². The van der Waals surface area contributed by atoms with Crippen LogP contribution in [-0.4, -0.2) is 26.4 Å². The van der Waals surface area contributed by atoms with E-state index in [1.54, 1.807) is 31.3 Å². The smallest absolute Gasteiger partial charge is 0.218 e. The molecule has 0 atom stereocenters. The minimum Gasteiger partial charge on any atom is -0.494 e. The van der Waals surface area contributed by atoms with Crippen molar-refractivity contribution in [2.75, 3.05) is 13.7 Å². The summed E-state index contributed by atoms with van der Waals surface area (Å²) in [4.78, 5) is 0. The molecule has 0 aliphatic rings. The Hall–Kier alpha value is -2.36. The Kier molecular flexibility index (Phi) is 5.96. The second kappa shape index (κ2) is 7.95. The fraction of sp³-hybridized carbons (Fsp3) is 0.278. The van der Waals surface area contributed by atoms with E-state index in [9.17, 15) is 8.42 Å². The Balaban J connectivity index is 2.03. The zero-order valence-corrected chi connectivity index (χ0v) is 14.6. The van der Waals surface area contributed by atoms with Crippen LogP contribution in [0.3, 0.4) is 0 Å². The maximum absolute atomic E-state index is 12.5. The minimum absolute atomic E-state index is 0.0910. The number of ether oxygens (including phenoxy) is 1. The summed E-state index contributed by atoms with van der Waals surface area (Å²) < 4.78 is 31.6. The molecule has 0 aromatic heterocycles. The van der Waals surface area contributed by atoms with Gasteiger partial charge in [0.15, 0.2) is 0 Å². The van der Waals surface area contributed by atoms with Crippen molar-refractivity contribution in [1.82, 2.24) is 4.31 Å². The molecule has 24 heavy (non-hydrogen) atoms. The van der Waals surface area contributed by atoms with Gasteiger partial charge in [0.05, 0.1) is 24.0 Å². The van der Waals surface area contributed by atoms with Crippen molar-refractivity contribution in [2.24, 2.45) is 0 Å². The first-order valence-electron chi connectivity index (χ1n) is 7.59. The average molecular weight is 344 g/mol. The second-order valence-corrected chi connectivity index (χ2v) is 7.47. The van der Waals surface area contributed by atoms with Gasteiger partial charge in [-0.15, -0.1) is 0 Å². The fourth-order valence-electron chi connectivity index (χ4n) is 2.21. The SMILES string of the molecule is CCOc1ccc(CN(C)S(=O)(=O)Cc2ccc(C#N)cc2)cc1. The first-order chi connectivity index (χ1) is 11.4. The lowest BCUT2D eigenvalue weighted by molar-refractivity contribution is 0.340. The third kappa shape index (κ3) is 4.82. The number of benzene rings is 2. The van der Waals surface area contributed by atoms with Crippen LogP contribution in [0.1, 0.15) is 23.6 Å². The summed E-state index contributed by atoms with van der Waals surface area (Å²) in [6.45, 7) is 2.81. The molecule has 0 heterocycles. The van der Waals surface area contributed by atoms with Crippen molar-refractivity contribution in [1.29, 1.82) is 5.26 Å². The minimum atomic E-state index is -3.43. The predicted molar refractivity (Wildman–Crippen MR) is 92.9 cm³/mol. The summed E-state index contributed by atoms with van der Waals surface area (Å²) in [5, 5.41) is 8.78. The summed E-state index contributed by atoms with van der Waals surface area (Å²) in [6, 6.07) is 16.0. The second-order valence-electron chi connectivity index (χ2n) is 5.40. The van der Waals surface area contributed by atoms with Gasteiger partial charge in [-0.3, -0.25) is 0 Å². The quantitative estimate of drug-likeness (QED) is 0.774. The molecule has 0 amide bonds. The molecule has 0 bridgehead atoms. The molecule has 0 unspecified atom stereocenters. The number of nitriles is 1. The maximum Gasteiger partial charge on any atom is 0.218 e. The van der Waals surface area contributed by atoms with Gasteiger partial charge in [0.1, 0.15) is 5.75 Å². The van der Waals surface area contributed by atoms with Crippen molar-refractivity contribution in [3.05, 3.63) is 65.2 Å². The molecule has 0 saturated heterocycles. The van der Waals surface area contributed by atoms with E-state index in [2.05, 4.69) is 0 Å². The highest BCUT2D eigenvalue weighted by Gasteiger charge is 2.18. The highest BCUT2D eigenvalue weighted by Crippen LogP contribution is 2.16. The van der Waals surface area contributed by atoms with E-state index < -0.39 is 10.0 Å². The van der Waals surface area contributed by atoms with E-state index in [4.69, 9.17) is 10.00 Å². The molecule has 0 radical (unpaired) electrons. The van der Waals surface area contributed by atoms with Crippen molar-refractivity contribution < 1.29 is 13.2 Å². The number of nitrogens with zero attached hydrogens (tertiary/aromatic N) is 2. The first-order valence-corrected chi connectivity index (χ1v) is 9.20. The van der Waals surface area contributed by atoms with E-state index in [1.807, 2.05) is 37.3 Å². The lowest BCUT2D eigenvalue weighted by Gasteiger charge is -2.17. The van der Waals surface area contributed by atoms with Gasteiger partial charge < -0.3 is 4.74 Å². The van der Waals surface area contributed by atoms with Crippen LogP contribution in [0, 0.1) is 11.3 Å². The third-order valence-corrected chi connectivity index (χ3v) is 5.32. The summed E-state index contributed by atoms with van der Waals surface area (Å²) in [5.74, 6) is 0.677. The van der Waals surface area contributed by atoms with Crippen LogP contribution < -0.4 is 4.74 Å². The largest absolute Gasteiger partial charge is 0.494 e. The zero-order valence-electron chi connectivity index (χ0n) is 13.8. The third-order valence-electron chi connectivity index (χ3n) is 3.55. The molecule has 2 rings (SSSR count). The highest BCUT2D eigenvalue weighted by atomic mass is 32.2. The maximum atomic E-state index is 12.5. The molecular weight excluding hydrogens is 324 g/mol. The van der Waals surface area contributed by atoms with Crippen molar-refractivity contribution in [2.45, 2.75) is 19.2 Å². The van der Waals surface area contributed by atoms with E-state index in [0.717, 1.165) is 11.3 Å². The van der Waals surface area contributed by atoms with Crippen molar-refractivity contribution in [3.63, 3.8) is 0 Å². The molecule has 126 valence electrons. The van der Waals surface area contributed by atoms with Crippen LogP contribution in [0.2, 0.25) is 0 Å². The molecule has 0 saturated carbocycles. The van der Waals surface area contributed by atoms with Gasteiger partial charge in [-0.25, -0.2) is 12.7 Å². The molecule has 5 nitrogen and oxygen atoms in total. The van der Waals surface area contributed by atoms with E-state index in [-0.39, 0.29) is 5.75 Å². The Morgan fingerprint density at radius 1 is 1.04 bits per heavy atom. The predicted octanol–water partition coefficient (Wildman–Crippen LogP) is 2.92. The first kappa shape index (κ1) is 18.0. The van der Waals surface area contributed by atoms with Gasteiger partial charge in [0.2, 0.25) is 10.0 Å². The Labute approximate surface area is 143 Å². The number of sulfonamides is 1. The normalized spacial score (nSPS) is 11.2. The standard InChI is InChI=1S/C18H20N2O3S/c1-3-23-18-10-8-16(9-11-18)13-20(2)24(21,22)14-17-6-4-15(12-19)5-7-17/h4-11H,3,13-14H2,1-2H3. The molecule has 0 aliphatic carbocycles. The number of rotatable bonds is 7. The number of hydrogen-bond donors (Lipinski definition) is 0. The summed E-state index contributed by atoms with van der Waals surface area (Å²) in [6.07, 6.45) is 0. The lowest BCUT2D eigenvalue weighted by Crippen LogP contribution is -2.27. The van der Waals surface area contributed by atoms with Gasteiger partial charge in [0.25, 0.3) is 0 Å². The summed E-state index contributed by atoms with van der Waals surface area (Å²) >= 11 is 0. The van der Waals surface area contributed by atoms with Crippen molar-refractivity contribution in [3.8, 4) is 11.8 Å². The van der Waals surface area contributed by atoms with Gasteiger partial charge >= 0.3 is 0 Å². The summed E-state index contributed by atoms with van der Waals surface area (Å²) in [7, 11) is -1.87. The van der Waals surface area contributed by atoms with Crippen LogP contribution in [0.25, 0.3) is 0 Å². The molecule has 0 spiro atoms. The van der Waals surface area contributed by atoms with Crippen LogP contribution in [0.5, 0.6) is 5.75 Å². The monoisotopic (exact) mass is 344 g/mol. The molecule has 0 aliphatic heterocycles. The van der Waals surface area contributed by atoms with E-state index in [1.165, 1.54) is 4.31 Å². The molecule has 6 heteroatoms. The number of hydrogen-bond acceptors (Lipinski definition) is 4. The highest BCUT2D eigenvalue weighted by molar-refractivity contribution is 7.88. The van der Waals surface area contributed by atoms with Gasteiger partial charge in [-0.1, -0.05) is 24.3 Å². The van der Waals surface area contributed by atoms with Gasteiger partial charge in [0, 0.05) is 13.6 Å². The topological polar surface area (TPSA) is 70.4 Å². The Bertz CT molecular complexity index is 807.